The van der Waals surface area contributed by atoms with E-state index in [1.165, 1.54) is 44.3 Å². The zero-order valence-corrected chi connectivity index (χ0v) is 11.6. The van der Waals surface area contributed by atoms with E-state index in [0.717, 1.165) is 12.3 Å². The molecule has 0 spiro atoms. The fourth-order valence-corrected chi connectivity index (χ4v) is 3.11. The fourth-order valence-electron chi connectivity index (χ4n) is 1.11. The van der Waals surface area contributed by atoms with Crippen molar-refractivity contribution < 1.29 is 0 Å². The Balaban J connectivity index is 0. The van der Waals surface area contributed by atoms with Gasteiger partial charge in [-0.1, -0.05) is 60.6 Å². The molecular weight excluding hydrogens is 234 g/mol. The van der Waals surface area contributed by atoms with Crippen molar-refractivity contribution in [3.63, 3.8) is 0 Å². The van der Waals surface area contributed by atoms with Crippen molar-refractivity contribution in [2.24, 2.45) is 5.73 Å². The summed E-state index contributed by atoms with van der Waals surface area (Å²) in [5.74, 6) is 2.40. The lowest BCUT2D eigenvalue weighted by atomic mass is 10.1. The van der Waals surface area contributed by atoms with Crippen molar-refractivity contribution in [2.45, 2.75) is 45.4 Å². The topological polar surface area (TPSA) is 26.0 Å². The van der Waals surface area contributed by atoms with Gasteiger partial charge in [0, 0.05) is 18.1 Å². The molecule has 0 aliphatic heterocycles. The summed E-state index contributed by atoms with van der Waals surface area (Å²) in [4.78, 5) is 0. The number of halogens is 1. The highest BCUT2D eigenvalue weighted by molar-refractivity contribution is 8.76. The highest BCUT2D eigenvalue weighted by Crippen LogP contribution is 2.22. The molecule has 0 bridgehead atoms. The van der Waals surface area contributed by atoms with Gasteiger partial charge >= 0.3 is 0 Å². The van der Waals surface area contributed by atoms with Gasteiger partial charge < -0.3 is 5.73 Å². The molecule has 0 saturated carbocycles. The van der Waals surface area contributed by atoms with E-state index in [1.54, 1.807) is 0 Å². The fraction of sp³-hybridized carbons (Fsp3) is 1.00. The summed E-state index contributed by atoms with van der Waals surface area (Å²) in [5.41, 5.74) is 5.39. The first-order chi connectivity index (χ1) is 6.41. The Kier molecular flexibility index (Phi) is 20.3. The van der Waals surface area contributed by atoms with Gasteiger partial charge in [0.2, 0.25) is 0 Å². The third-order valence-corrected chi connectivity index (χ3v) is 4.39. The molecule has 0 amide bonds. The molecule has 0 unspecified atom stereocenters. The summed E-state index contributed by atoms with van der Waals surface area (Å²) in [6.45, 7) is 3.08. The minimum absolute atomic E-state index is 0. The van der Waals surface area contributed by atoms with Gasteiger partial charge in [-0.25, -0.2) is 0 Å². The van der Waals surface area contributed by atoms with Gasteiger partial charge in [0.1, 0.15) is 0 Å². The van der Waals surface area contributed by atoms with E-state index in [4.69, 9.17) is 5.73 Å². The highest BCUT2D eigenvalue weighted by atomic mass is 35.5. The second-order valence-corrected chi connectivity index (χ2v) is 5.90. The molecule has 0 aromatic rings. The monoisotopic (exact) mass is 257 g/mol. The van der Waals surface area contributed by atoms with Crippen molar-refractivity contribution in [1.82, 2.24) is 0 Å². The van der Waals surface area contributed by atoms with E-state index in [2.05, 4.69) is 6.92 Å². The second-order valence-electron chi connectivity index (χ2n) is 3.20. The van der Waals surface area contributed by atoms with E-state index < -0.39 is 0 Å². The van der Waals surface area contributed by atoms with Crippen LogP contribution in [0.4, 0.5) is 0 Å². The van der Waals surface area contributed by atoms with Crippen LogP contribution in [0.5, 0.6) is 0 Å². The maximum absolute atomic E-state index is 5.39. The van der Waals surface area contributed by atoms with Gasteiger partial charge in [-0.15, -0.1) is 12.4 Å². The van der Waals surface area contributed by atoms with Gasteiger partial charge in [0.15, 0.2) is 0 Å². The molecule has 0 aliphatic carbocycles. The predicted molar refractivity (Wildman–Crippen MR) is 74.6 cm³/mol. The predicted octanol–water partition coefficient (Wildman–Crippen LogP) is 4.11. The molecule has 0 radical (unpaired) electrons. The van der Waals surface area contributed by atoms with Crippen LogP contribution >= 0.6 is 34.0 Å². The molecule has 0 heterocycles. The number of hydrogen-bond acceptors (Lipinski definition) is 3. The minimum atomic E-state index is 0. The van der Waals surface area contributed by atoms with Gasteiger partial charge in [-0.2, -0.15) is 0 Å². The molecule has 0 atom stereocenters. The second kappa shape index (κ2) is 16.4. The molecule has 0 aromatic carbocycles. The van der Waals surface area contributed by atoms with E-state index in [0.29, 0.717) is 0 Å². The third kappa shape index (κ3) is 15.4. The van der Waals surface area contributed by atoms with Crippen LogP contribution in [-0.2, 0) is 0 Å². The largest absolute Gasteiger partial charge is 0.330 e. The lowest BCUT2D eigenvalue weighted by Crippen LogP contribution is -1.99. The molecule has 0 aromatic heterocycles. The highest BCUT2D eigenvalue weighted by Gasteiger charge is 1.91. The van der Waals surface area contributed by atoms with Gasteiger partial charge in [0.25, 0.3) is 0 Å². The smallest absolute Gasteiger partial charge is 0.0160 e. The number of hydrogen-bond donors (Lipinski definition) is 1. The van der Waals surface area contributed by atoms with Crippen LogP contribution in [0.25, 0.3) is 0 Å². The normalized spacial score (nSPS) is 9.86. The Morgan fingerprint density at radius 1 is 0.857 bits per heavy atom. The van der Waals surface area contributed by atoms with Crippen LogP contribution in [0.2, 0.25) is 0 Å². The average molecular weight is 258 g/mol. The average Bonchev–Trinajstić information content (AvgIpc) is 2.16. The molecule has 14 heavy (non-hydrogen) atoms. The molecule has 0 rings (SSSR count). The zero-order chi connectivity index (χ0) is 9.78. The molecule has 88 valence electrons. The summed E-state index contributed by atoms with van der Waals surface area (Å²) < 4.78 is 0. The maximum atomic E-state index is 5.39. The zero-order valence-electron chi connectivity index (χ0n) is 9.17. The van der Waals surface area contributed by atoms with Crippen molar-refractivity contribution >= 4 is 34.0 Å². The first-order valence-electron chi connectivity index (χ1n) is 5.36. The molecule has 0 saturated heterocycles. The quantitative estimate of drug-likeness (QED) is 0.471. The summed E-state index contributed by atoms with van der Waals surface area (Å²) >= 11 is 0. The van der Waals surface area contributed by atoms with Crippen LogP contribution < -0.4 is 5.73 Å². The summed E-state index contributed by atoms with van der Waals surface area (Å²) in [6.07, 6.45) is 8.41. The summed E-state index contributed by atoms with van der Waals surface area (Å²) in [5, 5.41) is 0. The molecule has 4 heteroatoms. The Morgan fingerprint density at radius 2 is 1.43 bits per heavy atom. The Bertz CT molecular complexity index is 84.2. The van der Waals surface area contributed by atoms with Crippen LogP contribution in [0.15, 0.2) is 0 Å². The van der Waals surface area contributed by atoms with Crippen molar-refractivity contribution in [3.05, 3.63) is 0 Å². The van der Waals surface area contributed by atoms with E-state index >= 15 is 0 Å². The van der Waals surface area contributed by atoms with E-state index in [9.17, 15) is 0 Å². The molecular formula is C10H24ClNS2. The van der Waals surface area contributed by atoms with E-state index in [-0.39, 0.29) is 12.4 Å². The summed E-state index contributed by atoms with van der Waals surface area (Å²) in [7, 11) is 3.89. The van der Waals surface area contributed by atoms with Crippen LogP contribution in [0.1, 0.15) is 45.4 Å². The first kappa shape index (κ1) is 17.3. The van der Waals surface area contributed by atoms with E-state index in [1.807, 2.05) is 21.6 Å². The van der Waals surface area contributed by atoms with Crippen molar-refractivity contribution in [3.8, 4) is 0 Å². The Labute approximate surface area is 103 Å². The first-order valence-corrected chi connectivity index (χ1v) is 7.85. The number of unbranched alkanes of at least 4 members (excludes halogenated alkanes) is 5. The standard InChI is InChI=1S/C10H23NS2.ClH/c1-2-3-4-5-6-7-9-12-13-10-8-11;/h2-11H2,1H3;1H. The molecule has 0 aliphatic rings. The van der Waals surface area contributed by atoms with Crippen LogP contribution in [-0.4, -0.2) is 18.1 Å². The van der Waals surface area contributed by atoms with Crippen molar-refractivity contribution in [2.75, 3.05) is 18.1 Å². The van der Waals surface area contributed by atoms with Crippen molar-refractivity contribution in [1.29, 1.82) is 0 Å². The number of nitrogens with two attached hydrogens (primary N) is 1. The molecule has 1 nitrogen and oxygen atoms in total. The number of rotatable bonds is 10. The van der Waals surface area contributed by atoms with Gasteiger partial charge in [0.05, 0.1) is 0 Å². The van der Waals surface area contributed by atoms with Crippen LogP contribution in [0, 0.1) is 0 Å². The Morgan fingerprint density at radius 3 is 2.07 bits per heavy atom. The maximum Gasteiger partial charge on any atom is 0.0160 e. The van der Waals surface area contributed by atoms with Gasteiger partial charge in [-0.3, -0.25) is 0 Å². The molecule has 2 N–H and O–H groups in total. The van der Waals surface area contributed by atoms with Gasteiger partial charge in [-0.05, 0) is 6.42 Å². The minimum Gasteiger partial charge on any atom is -0.330 e. The SMILES string of the molecule is CCCCCCCCSSCCN.Cl. The lowest BCUT2D eigenvalue weighted by molar-refractivity contribution is 0.627. The summed E-state index contributed by atoms with van der Waals surface area (Å²) in [6, 6.07) is 0. The van der Waals surface area contributed by atoms with Crippen LogP contribution in [0.3, 0.4) is 0 Å². The lowest BCUT2D eigenvalue weighted by Gasteiger charge is -2.00. The molecule has 0 fully saturated rings. The Hall–Kier alpha value is 0.950. The third-order valence-electron chi connectivity index (χ3n) is 1.87.